The Kier molecular flexibility index (Phi) is 5.22. The first-order valence-electron chi connectivity index (χ1n) is 10.2. The molecule has 2 aliphatic rings. The molecule has 0 saturated carbocycles. The summed E-state index contributed by atoms with van der Waals surface area (Å²) in [5.41, 5.74) is 0.541. The largest absolute Gasteiger partial charge is 0.451 e. The molecule has 2 aliphatic heterocycles. The molecule has 2 fully saturated rings. The Hall–Kier alpha value is -1.86. The van der Waals surface area contributed by atoms with E-state index in [-0.39, 0.29) is 16.6 Å². The molecule has 0 aliphatic carbocycles. The van der Waals surface area contributed by atoms with Gasteiger partial charge in [0.15, 0.2) is 5.76 Å². The third kappa shape index (κ3) is 3.70. The predicted molar refractivity (Wildman–Crippen MR) is 108 cm³/mol. The van der Waals surface area contributed by atoms with E-state index in [1.54, 1.807) is 28.6 Å². The van der Waals surface area contributed by atoms with Crippen LogP contribution in [0.15, 0.2) is 33.6 Å². The highest BCUT2D eigenvalue weighted by Gasteiger charge is 2.32. The number of benzene rings is 1. The number of rotatable bonds is 3. The van der Waals surface area contributed by atoms with Gasteiger partial charge in [-0.1, -0.05) is 13.8 Å². The number of likely N-dealkylation sites (tertiary alicyclic amines) is 1. The second kappa shape index (κ2) is 7.52. The van der Waals surface area contributed by atoms with Gasteiger partial charge in [0.05, 0.1) is 4.90 Å². The van der Waals surface area contributed by atoms with Crippen molar-refractivity contribution < 1.29 is 17.6 Å². The van der Waals surface area contributed by atoms with Crippen LogP contribution in [0.25, 0.3) is 11.0 Å². The first-order chi connectivity index (χ1) is 13.3. The molecule has 1 aromatic carbocycles. The van der Waals surface area contributed by atoms with E-state index >= 15 is 0 Å². The quantitative estimate of drug-likeness (QED) is 0.782. The highest BCUT2D eigenvalue weighted by molar-refractivity contribution is 7.89. The van der Waals surface area contributed by atoms with Gasteiger partial charge in [0.1, 0.15) is 5.58 Å². The van der Waals surface area contributed by atoms with Crippen molar-refractivity contribution in [2.45, 2.75) is 44.4 Å². The Balaban J connectivity index is 1.61. The van der Waals surface area contributed by atoms with E-state index in [1.165, 1.54) is 0 Å². The lowest BCUT2D eigenvalue weighted by Crippen LogP contribution is -2.42. The molecule has 0 bridgehead atoms. The molecule has 4 rings (SSSR count). The van der Waals surface area contributed by atoms with Crippen LogP contribution in [-0.2, 0) is 10.0 Å². The van der Waals surface area contributed by atoms with Gasteiger partial charge < -0.3 is 9.32 Å². The summed E-state index contributed by atoms with van der Waals surface area (Å²) in [6, 6.07) is 6.55. The minimum Gasteiger partial charge on any atom is -0.451 e. The van der Waals surface area contributed by atoms with Crippen LogP contribution in [0.2, 0.25) is 0 Å². The first-order valence-corrected chi connectivity index (χ1v) is 11.6. The number of sulfonamides is 1. The van der Waals surface area contributed by atoms with Crippen molar-refractivity contribution in [1.29, 1.82) is 0 Å². The molecule has 28 heavy (non-hydrogen) atoms. The van der Waals surface area contributed by atoms with Crippen LogP contribution >= 0.6 is 0 Å². The van der Waals surface area contributed by atoms with Crippen LogP contribution in [0.3, 0.4) is 0 Å². The second-order valence-electron chi connectivity index (χ2n) is 8.43. The Labute approximate surface area is 166 Å². The van der Waals surface area contributed by atoms with Gasteiger partial charge >= 0.3 is 0 Å². The molecule has 2 unspecified atom stereocenters. The van der Waals surface area contributed by atoms with Crippen LogP contribution in [0, 0.1) is 11.8 Å². The van der Waals surface area contributed by atoms with Crippen molar-refractivity contribution in [3.05, 3.63) is 30.0 Å². The molecular formula is C21H28N2O4S. The molecule has 3 heterocycles. The monoisotopic (exact) mass is 404 g/mol. The summed E-state index contributed by atoms with van der Waals surface area (Å²) in [6.07, 6.45) is 4.23. The normalized spacial score (nSPS) is 24.6. The van der Waals surface area contributed by atoms with Crippen molar-refractivity contribution in [2.24, 2.45) is 11.8 Å². The Morgan fingerprint density at radius 1 is 1.04 bits per heavy atom. The molecule has 2 saturated heterocycles. The Bertz CT molecular complexity index is 965. The summed E-state index contributed by atoms with van der Waals surface area (Å²) in [5, 5.41) is 0.652. The molecular weight excluding hydrogens is 376 g/mol. The van der Waals surface area contributed by atoms with Crippen molar-refractivity contribution in [3.63, 3.8) is 0 Å². The maximum absolute atomic E-state index is 13.1. The average molecular weight is 405 g/mol. The molecule has 0 spiro atoms. The fourth-order valence-corrected chi connectivity index (χ4v) is 6.21. The fraction of sp³-hybridized carbons (Fsp3) is 0.571. The smallest absolute Gasteiger partial charge is 0.289 e. The van der Waals surface area contributed by atoms with E-state index in [9.17, 15) is 13.2 Å². The number of fused-ring (bicyclic) bond motifs is 1. The fourth-order valence-electron chi connectivity index (χ4n) is 4.49. The van der Waals surface area contributed by atoms with Gasteiger partial charge in [-0.15, -0.1) is 0 Å². The van der Waals surface area contributed by atoms with Crippen LogP contribution < -0.4 is 0 Å². The lowest BCUT2D eigenvalue weighted by atomic mass is 9.94. The molecule has 1 amide bonds. The number of piperidine rings is 2. The van der Waals surface area contributed by atoms with E-state index in [4.69, 9.17) is 4.42 Å². The van der Waals surface area contributed by atoms with E-state index in [2.05, 4.69) is 13.8 Å². The molecule has 1 aromatic heterocycles. The van der Waals surface area contributed by atoms with Crippen molar-refractivity contribution in [1.82, 2.24) is 9.21 Å². The first kappa shape index (κ1) is 19.5. The average Bonchev–Trinajstić information content (AvgIpc) is 3.10. The van der Waals surface area contributed by atoms with Gasteiger partial charge in [-0.3, -0.25) is 4.79 Å². The SMILES string of the molecule is CC1CC(C)CN(S(=O)(=O)c2ccc3oc(C(=O)N4CCCCC4)cc3c2)C1. The molecule has 152 valence electrons. The second-order valence-corrected chi connectivity index (χ2v) is 10.4. The molecule has 2 atom stereocenters. The van der Waals surface area contributed by atoms with Crippen LogP contribution in [0.1, 0.15) is 50.1 Å². The molecule has 0 N–H and O–H groups in total. The van der Waals surface area contributed by atoms with E-state index in [0.29, 0.717) is 35.9 Å². The zero-order valence-corrected chi connectivity index (χ0v) is 17.4. The highest BCUT2D eigenvalue weighted by atomic mass is 32.2. The van der Waals surface area contributed by atoms with Gasteiger partial charge in [0.2, 0.25) is 10.0 Å². The summed E-state index contributed by atoms with van der Waals surface area (Å²) in [7, 11) is -3.55. The molecule has 7 heteroatoms. The number of hydrogen-bond acceptors (Lipinski definition) is 4. The van der Waals surface area contributed by atoms with E-state index in [1.807, 2.05) is 4.90 Å². The Morgan fingerprint density at radius 3 is 2.39 bits per heavy atom. The number of hydrogen-bond donors (Lipinski definition) is 0. The number of carbonyl (C=O) groups excluding carboxylic acids is 1. The predicted octanol–water partition coefficient (Wildman–Crippen LogP) is 3.73. The summed E-state index contributed by atoms with van der Waals surface area (Å²) in [5.74, 6) is 0.876. The number of nitrogens with zero attached hydrogens (tertiary/aromatic N) is 2. The van der Waals surface area contributed by atoms with Gasteiger partial charge in [-0.25, -0.2) is 8.42 Å². The third-order valence-electron chi connectivity index (χ3n) is 5.81. The Morgan fingerprint density at radius 2 is 1.71 bits per heavy atom. The zero-order chi connectivity index (χ0) is 19.9. The van der Waals surface area contributed by atoms with Crippen LogP contribution in [-0.4, -0.2) is 49.7 Å². The van der Waals surface area contributed by atoms with Crippen molar-refractivity contribution in [2.75, 3.05) is 26.2 Å². The van der Waals surface area contributed by atoms with Crippen molar-refractivity contribution >= 4 is 26.9 Å². The van der Waals surface area contributed by atoms with Crippen LogP contribution in [0.5, 0.6) is 0 Å². The standard InChI is InChI=1S/C21H28N2O4S/c1-15-10-16(2)14-23(13-15)28(25,26)18-6-7-19-17(11-18)12-20(27-19)21(24)22-8-4-3-5-9-22/h6-7,11-12,15-16H,3-5,8-10,13-14H2,1-2H3. The van der Waals surface area contributed by atoms with Gasteiger partial charge in [0.25, 0.3) is 5.91 Å². The van der Waals surface area contributed by atoms with E-state index < -0.39 is 10.0 Å². The summed E-state index contributed by atoms with van der Waals surface area (Å²) in [6.45, 7) is 6.79. The maximum atomic E-state index is 13.1. The molecule has 6 nitrogen and oxygen atoms in total. The topological polar surface area (TPSA) is 70.8 Å². The number of carbonyl (C=O) groups is 1. The van der Waals surface area contributed by atoms with Gasteiger partial charge in [-0.05, 0) is 61.8 Å². The number of amides is 1. The summed E-state index contributed by atoms with van der Waals surface area (Å²) in [4.78, 5) is 14.8. The van der Waals surface area contributed by atoms with E-state index in [0.717, 1.165) is 38.8 Å². The highest BCUT2D eigenvalue weighted by Crippen LogP contribution is 2.29. The number of furan rings is 1. The van der Waals surface area contributed by atoms with Crippen LogP contribution in [0.4, 0.5) is 0 Å². The zero-order valence-electron chi connectivity index (χ0n) is 16.6. The lowest BCUT2D eigenvalue weighted by Gasteiger charge is -2.34. The van der Waals surface area contributed by atoms with Gasteiger partial charge in [-0.2, -0.15) is 4.31 Å². The third-order valence-corrected chi connectivity index (χ3v) is 7.64. The maximum Gasteiger partial charge on any atom is 0.289 e. The lowest BCUT2D eigenvalue weighted by molar-refractivity contribution is 0.0694. The minimum absolute atomic E-state index is 0.112. The summed E-state index contributed by atoms with van der Waals surface area (Å²) >= 11 is 0. The minimum atomic E-state index is -3.55. The van der Waals surface area contributed by atoms with Gasteiger partial charge in [0, 0.05) is 31.6 Å². The molecule has 0 radical (unpaired) electrons. The van der Waals surface area contributed by atoms with Crippen molar-refractivity contribution in [3.8, 4) is 0 Å². The summed E-state index contributed by atoms with van der Waals surface area (Å²) < 4.78 is 33.6. The molecule has 2 aromatic rings.